The lowest BCUT2D eigenvalue weighted by atomic mass is 10.0. The van der Waals surface area contributed by atoms with Crippen molar-refractivity contribution < 1.29 is 18.7 Å². The van der Waals surface area contributed by atoms with Crippen LogP contribution in [0.5, 0.6) is 11.5 Å². The smallest absolute Gasteiger partial charge is 0.226 e. The standard InChI is InChI=1S/C20H21NO4/c22-20(15-12-14(15)17-4-2-8-23-17)21-7-1-3-16(21)13-5-6-18-19(11-13)25-10-9-24-18/h2,4-6,8,11,14-16H,1,3,7,9-10,12H2/t14-,15+,16-/m0/s1. The zero-order chi connectivity index (χ0) is 16.8. The number of carbonyl (C=O) groups is 1. The van der Waals surface area contributed by atoms with Crippen LogP contribution in [0.4, 0.5) is 0 Å². The van der Waals surface area contributed by atoms with Gasteiger partial charge >= 0.3 is 0 Å². The lowest BCUT2D eigenvalue weighted by Crippen LogP contribution is -2.32. The summed E-state index contributed by atoms with van der Waals surface area (Å²) in [6.45, 7) is 2.01. The van der Waals surface area contributed by atoms with Crippen LogP contribution in [0, 0.1) is 5.92 Å². The van der Waals surface area contributed by atoms with Crippen LogP contribution in [-0.2, 0) is 4.79 Å². The SMILES string of the molecule is O=C([C@@H]1C[C@@H]1c1ccco1)N1CCC[C@H]1c1ccc2c(c1)OCCO2. The highest BCUT2D eigenvalue weighted by Crippen LogP contribution is 2.50. The van der Waals surface area contributed by atoms with E-state index in [2.05, 4.69) is 11.0 Å². The zero-order valence-corrected chi connectivity index (χ0v) is 14.0. The molecule has 0 radical (unpaired) electrons. The minimum absolute atomic E-state index is 0.0731. The molecule has 0 unspecified atom stereocenters. The van der Waals surface area contributed by atoms with Gasteiger partial charge < -0.3 is 18.8 Å². The van der Waals surface area contributed by atoms with Gasteiger partial charge in [0.15, 0.2) is 11.5 Å². The molecule has 5 heteroatoms. The second-order valence-corrected chi connectivity index (χ2v) is 7.06. The van der Waals surface area contributed by atoms with E-state index >= 15 is 0 Å². The summed E-state index contributed by atoms with van der Waals surface area (Å²) in [7, 11) is 0. The molecule has 1 saturated carbocycles. The van der Waals surface area contributed by atoms with Crippen LogP contribution in [-0.4, -0.2) is 30.6 Å². The molecule has 1 aliphatic carbocycles. The highest BCUT2D eigenvalue weighted by Gasteiger charge is 2.49. The molecule has 1 amide bonds. The van der Waals surface area contributed by atoms with Crippen molar-refractivity contribution >= 4 is 5.91 Å². The van der Waals surface area contributed by atoms with Gasteiger partial charge in [-0.15, -0.1) is 0 Å². The molecule has 2 fully saturated rings. The van der Waals surface area contributed by atoms with Gasteiger partial charge in [0.05, 0.1) is 12.3 Å². The van der Waals surface area contributed by atoms with Gasteiger partial charge in [0, 0.05) is 18.4 Å². The second kappa shape index (κ2) is 5.83. The highest BCUT2D eigenvalue weighted by atomic mass is 16.6. The normalized spacial score (nSPS) is 27.4. The predicted octanol–water partition coefficient (Wildman–Crippen LogP) is 3.52. The van der Waals surface area contributed by atoms with Gasteiger partial charge in [-0.2, -0.15) is 0 Å². The fraction of sp³-hybridized carbons (Fsp3) is 0.450. The van der Waals surface area contributed by atoms with Crippen molar-refractivity contribution in [3.05, 3.63) is 47.9 Å². The van der Waals surface area contributed by atoms with E-state index in [1.165, 1.54) is 0 Å². The number of hydrogen-bond donors (Lipinski definition) is 0. The van der Waals surface area contributed by atoms with Gasteiger partial charge in [-0.1, -0.05) is 6.07 Å². The van der Waals surface area contributed by atoms with Crippen molar-refractivity contribution in [2.24, 2.45) is 5.92 Å². The molecular weight excluding hydrogens is 318 g/mol. The van der Waals surface area contributed by atoms with E-state index in [-0.39, 0.29) is 23.8 Å². The van der Waals surface area contributed by atoms with Crippen molar-refractivity contribution in [2.75, 3.05) is 19.8 Å². The van der Waals surface area contributed by atoms with Gasteiger partial charge in [0.2, 0.25) is 5.91 Å². The Balaban J connectivity index is 1.35. The van der Waals surface area contributed by atoms with E-state index in [1.54, 1.807) is 6.26 Å². The fourth-order valence-electron chi connectivity index (χ4n) is 4.14. The number of benzene rings is 1. The third kappa shape index (κ3) is 2.58. The van der Waals surface area contributed by atoms with Gasteiger partial charge in [-0.25, -0.2) is 0 Å². The van der Waals surface area contributed by atoms with E-state index in [1.807, 2.05) is 24.3 Å². The van der Waals surface area contributed by atoms with E-state index in [9.17, 15) is 4.79 Å². The predicted molar refractivity (Wildman–Crippen MR) is 90.7 cm³/mol. The third-order valence-corrected chi connectivity index (χ3v) is 5.50. The lowest BCUT2D eigenvalue weighted by Gasteiger charge is -2.27. The van der Waals surface area contributed by atoms with Crippen molar-refractivity contribution in [2.45, 2.75) is 31.2 Å². The molecule has 5 rings (SSSR count). The maximum Gasteiger partial charge on any atom is 0.226 e. The molecule has 2 aliphatic heterocycles. The Morgan fingerprint density at radius 2 is 2.00 bits per heavy atom. The molecule has 1 aromatic carbocycles. The number of furan rings is 1. The number of likely N-dealkylation sites (tertiary alicyclic amines) is 1. The largest absolute Gasteiger partial charge is 0.486 e. The summed E-state index contributed by atoms with van der Waals surface area (Å²) in [6.07, 6.45) is 4.63. The molecule has 0 N–H and O–H groups in total. The van der Waals surface area contributed by atoms with Crippen LogP contribution < -0.4 is 9.47 Å². The van der Waals surface area contributed by atoms with Crippen LogP contribution >= 0.6 is 0 Å². The second-order valence-electron chi connectivity index (χ2n) is 7.06. The minimum Gasteiger partial charge on any atom is -0.486 e. The molecule has 0 spiro atoms. The maximum atomic E-state index is 13.0. The Morgan fingerprint density at radius 1 is 1.12 bits per heavy atom. The number of nitrogens with zero attached hydrogens (tertiary/aromatic N) is 1. The highest BCUT2D eigenvalue weighted by molar-refractivity contribution is 5.83. The first-order chi connectivity index (χ1) is 12.3. The lowest BCUT2D eigenvalue weighted by molar-refractivity contribution is -0.133. The van der Waals surface area contributed by atoms with Crippen molar-refractivity contribution in [1.29, 1.82) is 0 Å². The summed E-state index contributed by atoms with van der Waals surface area (Å²) in [5, 5.41) is 0. The average molecular weight is 339 g/mol. The Hall–Kier alpha value is -2.43. The molecule has 3 heterocycles. The van der Waals surface area contributed by atoms with E-state index in [4.69, 9.17) is 13.9 Å². The van der Waals surface area contributed by atoms with Crippen LogP contribution in [0.1, 0.15) is 42.5 Å². The summed E-state index contributed by atoms with van der Waals surface area (Å²) < 4.78 is 16.8. The monoisotopic (exact) mass is 339 g/mol. The molecule has 25 heavy (non-hydrogen) atoms. The Morgan fingerprint density at radius 3 is 2.84 bits per heavy atom. The molecule has 5 nitrogen and oxygen atoms in total. The molecular formula is C20H21NO4. The van der Waals surface area contributed by atoms with E-state index < -0.39 is 0 Å². The van der Waals surface area contributed by atoms with Gasteiger partial charge in [0.1, 0.15) is 19.0 Å². The van der Waals surface area contributed by atoms with Crippen LogP contribution in [0.2, 0.25) is 0 Å². The number of rotatable bonds is 3. The summed E-state index contributed by atoms with van der Waals surface area (Å²) in [5.41, 5.74) is 1.14. The summed E-state index contributed by atoms with van der Waals surface area (Å²) in [4.78, 5) is 15.1. The van der Waals surface area contributed by atoms with Crippen molar-refractivity contribution in [3.63, 3.8) is 0 Å². The fourth-order valence-corrected chi connectivity index (χ4v) is 4.14. The average Bonchev–Trinajstić information content (AvgIpc) is 3.06. The Kier molecular flexibility index (Phi) is 3.47. The van der Waals surface area contributed by atoms with Gasteiger partial charge in [-0.05, 0) is 49.1 Å². The third-order valence-electron chi connectivity index (χ3n) is 5.50. The van der Waals surface area contributed by atoms with Gasteiger partial charge in [-0.3, -0.25) is 4.79 Å². The zero-order valence-electron chi connectivity index (χ0n) is 14.0. The van der Waals surface area contributed by atoms with Gasteiger partial charge in [0.25, 0.3) is 0 Å². The van der Waals surface area contributed by atoms with Crippen LogP contribution in [0.25, 0.3) is 0 Å². The summed E-state index contributed by atoms with van der Waals surface area (Å²) >= 11 is 0. The van der Waals surface area contributed by atoms with Crippen molar-refractivity contribution in [3.8, 4) is 11.5 Å². The summed E-state index contributed by atoms with van der Waals surface area (Å²) in [5.74, 6) is 3.12. The molecule has 3 aliphatic rings. The van der Waals surface area contributed by atoms with Crippen molar-refractivity contribution in [1.82, 2.24) is 4.90 Å². The Bertz CT molecular complexity index is 785. The van der Waals surface area contributed by atoms with E-state index in [0.29, 0.717) is 13.2 Å². The van der Waals surface area contributed by atoms with E-state index in [0.717, 1.165) is 48.6 Å². The number of hydrogen-bond acceptors (Lipinski definition) is 4. The molecule has 130 valence electrons. The molecule has 1 aromatic heterocycles. The first-order valence-corrected chi connectivity index (χ1v) is 9.05. The molecule has 0 bridgehead atoms. The minimum atomic E-state index is 0.0731. The summed E-state index contributed by atoms with van der Waals surface area (Å²) in [6, 6.07) is 10.1. The first-order valence-electron chi connectivity index (χ1n) is 9.05. The topological polar surface area (TPSA) is 51.9 Å². The number of ether oxygens (including phenoxy) is 2. The quantitative estimate of drug-likeness (QED) is 0.858. The number of carbonyl (C=O) groups excluding carboxylic acids is 1. The molecule has 1 saturated heterocycles. The van der Waals surface area contributed by atoms with Crippen LogP contribution in [0.15, 0.2) is 41.0 Å². The number of amides is 1. The number of fused-ring (bicyclic) bond motifs is 1. The molecule has 3 atom stereocenters. The first kappa shape index (κ1) is 14.9. The maximum absolute atomic E-state index is 13.0. The van der Waals surface area contributed by atoms with Crippen LogP contribution in [0.3, 0.4) is 0 Å². The Labute approximate surface area is 146 Å². The molecule has 2 aromatic rings.